The number of hydrogen-bond donors (Lipinski definition) is 1. The molecular weight excluding hydrogens is 445 g/mol. The third kappa shape index (κ3) is 3.68. The van der Waals surface area contributed by atoms with E-state index in [2.05, 4.69) is 38.5 Å². The van der Waals surface area contributed by atoms with Crippen LogP contribution >= 0.6 is 50.1 Å². The van der Waals surface area contributed by atoms with Gasteiger partial charge in [0.05, 0.1) is 11.1 Å². The van der Waals surface area contributed by atoms with E-state index >= 15 is 0 Å². The van der Waals surface area contributed by atoms with Crippen molar-refractivity contribution in [3.8, 4) is 0 Å². The molecule has 0 spiro atoms. The van der Waals surface area contributed by atoms with Crippen molar-refractivity contribution in [2.45, 2.75) is 12.5 Å². The summed E-state index contributed by atoms with van der Waals surface area (Å²) >= 11 is 11.5. The maximum atomic E-state index is 13.4. The van der Waals surface area contributed by atoms with Crippen LogP contribution in [0.25, 0.3) is 0 Å². The Labute approximate surface area is 138 Å². The Balaban J connectivity index is 2.28. The highest BCUT2D eigenvalue weighted by molar-refractivity contribution is 14.1. The molecule has 0 radical (unpaired) electrons. The number of aliphatic hydroxyl groups excluding tert-OH is 1. The fourth-order valence-electron chi connectivity index (χ4n) is 1.79. The van der Waals surface area contributed by atoms with Crippen molar-refractivity contribution in [1.29, 1.82) is 0 Å². The lowest BCUT2D eigenvalue weighted by Gasteiger charge is -2.14. The summed E-state index contributed by atoms with van der Waals surface area (Å²) in [5.41, 5.74) is 1.37. The Morgan fingerprint density at radius 1 is 1.32 bits per heavy atom. The van der Waals surface area contributed by atoms with Gasteiger partial charge in [-0.25, -0.2) is 4.39 Å². The molecule has 0 bridgehead atoms. The van der Waals surface area contributed by atoms with Crippen LogP contribution < -0.4 is 0 Å². The Bertz CT molecular complexity index is 606. The molecule has 0 aromatic heterocycles. The fourth-order valence-corrected chi connectivity index (χ4v) is 3.02. The fraction of sp³-hybridized carbons (Fsp3) is 0.143. The molecule has 0 aliphatic carbocycles. The molecule has 2 aromatic carbocycles. The highest BCUT2D eigenvalue weighted by Crippen LogP contribution is 2.30. The van der Waals surface area contributed by atoms with Gasteiger partial charge >= 0.3 is 0 Å². The van der Waals surface area contributed by atoms with E-state index in [9.17, 15) is 9.50 Å². The molecule has 0 saturated heterocycles. The van der Waals surface area contributed by atoms with Crippen molar-refractivity contribution in [2.75, 3.05) is 0 Å². The van der Waals surface area contributed by atoms with E-state index in [1.54, 1.807) is 12.1 Å². The molecule has 0 fully saturated rings. The number of halogens is 4. The van der Waals surface area contributed by atoms with Crippen molar-refractivity contribution in [2.24, 2.45) is 0 Å². The second kappa shape index (κ2) is 6.52. The molecule has 19 heavy (non-hydrogen) atoms. The van der Waals surface area contributed by atoms with E-state index in [1.165, 1.54) is 6.07 Å². The first-order valence-electron chi connectivity index (χ1n) is 5.55. The molecule has 2 aromatic rings. The van der Waals surface area contributed by atoms with E-state index in [4.69, 9.17) is 11.6 Å². The average Bonchev–Trinajstić information content (AvgIpc) is 2.38. The lowest BCUT2D eigenvalue weighted by molar-refractivity contribution is 0.177. The van der Waals surface area contributed by atoms with Crippen molar-refractivity contribution in [3.05, 3.63) is 66.4 Å². The smallest absolute Gasteiger partial charge is 0.142 e. The molecule has 0 saturated carbocycles. The van der Waals surface area contributed by atoms with Gasteiger partial charge in [0.2, 0.25) is 0 Å². The van der Waals surface area contributed by atoms with Gasteiger partial charge in [0.25, 0.3) is 0 Å². The topological polar surface area (TPSA) is 20.2 Å². The van der Waals surface area contributed by atoms with Gasteiger partial charge < -0.3 is 5.11 Å². The first kappa shape index (κ1) is 15.2. The molecule has 0 aliphatic rings. The van der Waals surface area contributed by atoms with Crippen LogP contribution in [0.4, 0.5) is 4.39 Å². The minimum Gasteiger partial charge on any atom is -0.388 e. The largest absolute Gasteiger partial charge is 0.388 e. The molecule has 0 aliphatic heterocycles. The summed E-state index contributed by atoms with van der Waals surface area (Å²) in [7, 11) is 0. The highest BCUT2D eigenvalue weighted by atomic mass is 127. The maximum absolute atomic E-state index is 13.4. The number of benzene rings is 2. The van der Waals surface area contributed by atoms with Gasteiger partial charge in [0.15, 0.2) is 0 Å². The summed E-state index contributed by atoms with van der Waals surface area (Å²) < 4.78 is 15.2. The standard InChI is InChI=1S/C14H10BrClFIO/c15-11-5-4-9(18)7-10(11)13(19)6-8-2-1-3-12(17)14(8)16/h1-5,7,13,19H,6H2. The van der Waals surface area contributed by atoms with Crippen molar-refractivity contribution in [3.63, 3.8) is 0 Å². The summed E-state index contributed by atoms with van der Waals surface area (Å²) in [4.78, 5) is 0. The van der Waals surface area contributed by atoms with Crippen LogP contribution in [0.2, 0.25) is 5.02 Å². The zero-order chi connectivity index (χ0) is 14.0. The van der Waals surface area contributed by atoms with E-state index in [1.807, 2.05) is 18.2 Å². The molecule has 0 amide bonds. The van der Waals surface area contributed by atoms with Crippen LogP contribution in [0.1, 0.15) is 17.2 Å². The Morgan fingerprint density at radius 3 is 2.79 bits per heavy atom. The van der Waals surface area contributed by atoms with Crippen LogP contribution in [-0.4, -0.2) is 5.11 Å². The SMILES string of the molecule is OC(Cc1cccc(F)c1Cl)c1cc(I)ccc1Br. The van der Waals surface area contributed by atoms with Gasteiger partial charge in [-0.3, -0.25) is 0 Å². The van der Waals surface area contributed by atoms with Gasteiger partial charge in [-0.05, 0) is 58.0 Å². The Hall–Kier alpha value is -0.170. The zero-order valence-electron chi connectivity index (χ0n) is 9.71. The first-order chi connectivity index (χ1) is 8.99. The second-order valence-corrected chi connectivity index (χ2v) is 6.58. The van der Waals surface area contributed by atoms with E-state index in [0.29, 0.717) is 5.56 Å². The second-order valence-electron chi connectivity index (χ2n) is 4.10. The number of aliphatic hydroxyl groups is 1. The molecule has 0 heterocycles. The van der Waals surface area contributed by atoms with E-state index in [-0.39, 0.29) is 11.4 Å². The van der Waals surface area contributed by atoms with Gasteiger partial charge in [-0.1, -0.05) is 39.7 Å². The Morgan fingerprint density at radius 2 is 2.05 bits per heavy atom. The summed E-state index contributed by atoms with van der Waals surface area (Å²) in [5, 5.41) is 10.4. The number of rotatable bonds is 3. The minimum absolute atomic E-state index is 0.0725. The minimum atomic E-state index is -0.733. The highest BCUT2D eigenvalue weighted by Gasteiger charge is 2.15. The van der Waals surface area contributed by atoms with Gasteiger partial charge in [0, 0.05) is 14.5 Å². The van der Waals surface area contributed by atoms with Gasteiger partial charge in [-0.15, -0.1) is 0 Å². The number of hydrogen-bond acceptors (Lipinski definition) is 1. The predicted octanol–water partition coefficient (Wildman–Crippen LogP) is 5.12. The summed E-state index contributed by atoms with van der Waals surface area (Å²) in [6.07, 6.45) is -0.460. The Kier molecular flexibility index (Phi) is 5.22. The van der Waals surface area contributed by atoms with Crippen molar-refractivity contribution in [1.82, 2.24) is 0 Å². The van der Waals surface area contributed by atoms with Crippen LogP contribution in [0.5, 0.6) is 0 Å². The predicted molar refractivity (Wildman–Crippen MR) is 86.9 cm³/mol. The zero-order valence-corrected chi connectivity index (χ0v) is 14.2. The molecule has 2 rings (SSSR count). The molecule has 1 N–H and O–H groups in total. The molecule has 5 heteroatoms. The lowest BCUT2D eigenvalue weighted by Crippen LogP contribution is -2.04. The quantitative estimate of drug-likeness (QED) is 0.637. The van der Waals surface area contributed by atoms with Crippen LogP contribution in [0.15, 0.2) is 40.9 Å². The molecule has 1 nitrogen and oxygen atoms in total. The monoisotopic (exact) mass is 454 g/mol. The first-order valence-corrected chi connectivity index (χ1v) is 7.80. The van der Waals surface area contributed by atoms with Crippen molar-refractivity contribution < 1.29 is 9.50 Å². The lowest BCUT2D eigenvalue weighted by atomic mass is 10.0. The normalized spacial score (nSPS) is 12.5. The van der Waals surface area contributed by atoms with Crippen LogP contribution in [-0.2, 0) is 6.42 Å². The summed E-state index contributed by atoms with van der Waals surface area (Å²) in [6.45, 7) is 0. The van der Waals surface area contributed by atoms with E-state index < -0.39 is 11.9 Å². The molecule has 1 unspecified atom stereocenters. The van der Waals surface area contributed by atoms with Gasteiger partial charge in [-0.2, -0.15) is 0 Å². The summed E-state index contributed by atoms with van der Waals surface area (Å²) in [5.74, 6) is -0.465. The molecular formula is C14H10BrClFIO. The average molecular weight is 455 g/mol. The maximum Gasteiger partial charge on any atom is 0.142 e. The van der Waals surface area contributed by atoms with Crippen LogP contribution in [0.3, 0.4) is 0 Å². The van der Waals surface area contributed by atoms with Crippen molar-refractivity contribution >= 4 is 50.1 Å². The van der Waals surface area contributed by atoms with Crippen LogP contribution in [0, 0.1) is 9.39 Å². The summed E-state index contributed by atoms with van der Waals surface area (Å²) in [6, 6.07) is 10.3. The molecule has 100 valence electrons. The molecule has 1 atom stereocenters. The third-order valence-electron chi connectivity index (χ3n) is 2.76. The third-order valence-corrected chi connectivity index (χ3v) is 4.58. The van der Waals surface area contributed by atoms with Gasteiger partial charge in [0.1, 0.15) is 5.82 Å². The van der Waals surface area contributed by atoms with E-state index in [0.717, 1.165) is 13.6 Å².